The van der Waals surface area contributed by atoms with Crippen LogP contribution in [-0.2, 0) is 10.8 Å². The zero-order chi connectivity index (χ0) is 12.8. The Hall–Kier alpha value is -1.36. The SMILES string of the molecule is Cc1cc(O)ccc1C(=O)NCCCS(C)=O. The largest absolute Gasteiger partial charge is 0.508 e. The Labute approximate surface area is 104 Å². The zero-order valence-electron chi connectivity index (χ0n) is 10.0. The maximum atomic E-state index is 11.8. The molecule has 2 N–H and O–H groups in total. The Morgan fingerprint density at radius 1 is 1.47 bits per heavy atom. The second kappa shape index (κ2) is 6.39. The monoisotopic (exact) mass is 255 g/mol. The van der Waals surface area contributed by atoms with Gasteiger partial charge in [-0.2, -0.15) is 0 Å². The van der Waals surface area contributed by atoms with Crippen LogP contribution in [0.2, 0.25) is 0 Å². The Morgan fingerprint density at radius 2 is 2.18 bits per heavy atom. The maximum Gasteiger partial charge on any atom is 0.251 e. The molecule has 0 bridgehead atoms. The highest BCUT2D eigenvalue weighted by Crippen LogP contribution is 2.15. The summed E-state index contributed by atoms with van der Waals surface area (Å²) in [6.07, 6.45) is 2.35. The van der Waals surface area contributed by atoms with Gasteiger partial charge >= 0.3 is 0 Å². The van der Waals surface area contributed by atoms with Crippen molar-refractivity contribution < 1.29 is 14.1 Å². The number of benzene rings is 1. The van der Waals surface area contributed by atoms with Gasteiger partial charge in [0.05, 0.1) is 0 Å². The third-order valence-corrected chi connectivity index (χ3v) is 3.21. The van der Waals surface area contributed by atoms with Crippen LogP contribution in [0.5, 0.6) is 5.75 Å². The summed E-state index contributed by atoms with van der Waals surface area (Å²) in [4.78, 5) is 11.8. The first-order valence-corrected chi connectivity index (χ1v) is 7.11. The zero-order valence-corrected chi connectivity index (χ0v) is 10.8. The van der Waals surface area contributed by atoms with E-state index in [2.05, 4.69) is 5.32 Å². The van der Waals surface area contributed by atoms with Gasteiger partial charge < -0.3 is 10.4 Å². The molecular weight excluding hydrogens is 238 g/mol. The van der Waals surface area contributed by atoms with Crippen molar-refractivity contribution in [1.82, 2.24) is 5.32 Å². The van der Waals surface area contributed by atoms with Gasteiger partial charge in [0.15, 0.2) is 0 Å². The predicted molar refractivity (Wildman–Crippen MR) is 68.7 cm³/mol. The van der Waals surface area contributed by atoms with Crippen molar-refractivity contribution >= 4 is 16.7 Å². The number of nitrogens with one attached hydrogen (secondary N) is 1. The minimum atomic E-state index is -0.817. The van der Waals surface area contributed by atoms with Crippen molar-refractivity contribution in [2.45, 2.75) is 13.3 Å². The number of rotatable bonds is 5. The number of aromatic hydroxyl groups is 1. The lowest BCUT2D eigenvalue weighted by Gasteiger charge is -2.07. The molecule has 0 radical (unpaired) electrons. The summed E-state index contributed by atoms with van der Waals surface area (Å²) < 4.78 is 10.8. The molecule has 1 aromatic carbocycles. The first-order valence-electron chi connectivity index (χ1n) is 5.38. The molecule has 94 valence electrons. The van der Waals surface area contributed by atoms with Crippen LogP contribution in [0.3, 0.4) is 0 Å². The molecule has 4 nitrogen and oxygen atoms in total. The molecule has 0 fully saturated rings. The molecule has 1 amide bonds. The van der Waals surface area contributed by atoms with Crippen LogP contribution in [0, 0.1) is 6.92 Å². The Kier molecular flexibility index (Phi) is 5.15. The van der Waals surface area contributed by atoms with Crippen LogP contribution in [-0.4, -0.2) is 33.8 Å². The second-order valence-electron chi connectivity index (χ2n) is 3.89. The Balaban J connectivity index is 2.50. The van der Waals surface area contributed by atoms with Gasteiger partial charge in [-0.1, -0.05) is 0 Å². The fraction of sp³-hybridized carbons (Fsp3) is 0.417. The molecule has 0 aliphatic rings. The molecule has 1 rings (SSSR count). The molecular formula is C12H17NO3S. The lowest BCUT2D eigenvalue weighted by atomic mass is 10.1. The molecule has 1 atom stereocenters. The van der Waals surface area contributed by atoms with Gasteiger partial charge in [-0.3, -0.25) is 9.00 Å². The van der Waals surface area contributed by atoms with E-state index in [1.807, 2.05) is 0 Å². The van der Waals surface area contributed by atoms with E-state index in [4.69, 9.17) is 0 Å². The van der Waals surface area contributed by atoms with Crippen LogP contribution in [0.15, 0.2) is 18.2 Å². The van der Waals surface area contributed by atoms with Crippen molar-refractivity contribution in [1.29, 1.82) is 0 Å². The molecule has 5 heteroatoms. The first kappa shape index (κ1) is 13.7. The average Bonchev–Trinajstić information content (AvgIpc) is 2.23. The van der Waals surface area contributed by atoms with Crippen molar-refractivity contribution in [3.05, 3.63) is 29.3 Å². The number of phenolic OH excluding ortho intramolecular Hbond substituents is 1. The van der Waals surface area contributed by atoms with Crippen molar-refractivity contribution in [3.63, 3.8) is 0 Å². The van der Waals surface area contributed by atoms with Gasteiger partial charge in [-0.25, -0.2) is 0 Å². The lowest BCUT2D eigenvalue weighted by molar-refractivity contribution is 0.0953. The van der Waals surface area contributed by atoms with E-state index in [0.717, 1.165) is 5.56 Å². The van der Waals surface area contributed by atoms with Crippen LogP contribution in [0.4, 0.5) is 0 Å². The molecule has 17 heavy (non-hydrogen) atoms. The summed E-state index contributed by atoms with van der Waals surface area (Å²) in [5.41, 5.74) is 1.29. The van der Waals surface area contributed by atoms with E-state index in [0.29, 0.717) is 24.3 Å². The van der Waals surface area contributed by atoms with Gasteiger partial charge in [-0.15, -0.1) is 0 Å². The van der Waals surface area contributed by atoms with Crippen LogP contribution in [0.1, 0.15) is 22.3 Å². The molecule has 0 heterocycles. The Morgan fingerprint density at radius 3 is 2.76 bits per heavy atom. The van der Waals surface area contributed by atoms with Gasteiger partial charge in [-0.05, 0) is 37.1 Å². The predicted octanol–water partition coefficient (Wildman–Crippen LogP) is 1.20. The molecule has 0 aliphatic heterocycles. The number of carbonyl (C=O) groups is 1. The smallest absolute Gasteiger partial charge is 0.251 e. The number of hydrogen-bond donors (Lipinski definition) is 2. The summed E-state index contributed by atoms with van der Waals surface area (Å²) in [5.74, 6) is 0.583. The number of carbonyl (C=O) groups excluding carboxylic acids is 1. The fourth-order valence-corrected chi connectivity index (χ4v) is 2.03. The van der Waals surface area contributed by atoms with Crippen molar-refractivity contribution in [2.24, 2.45) is 0 Å². The summed E-state index contributed by atoms with van der Waals surface area (Å²) in [7, 11) is -0.817. The molecule has 0 saturated carbocycles. The molecule has 0 aliphatic carbocycles. The van der Waals surface area contributed by atoms with Crippen molar-refractivity contribution in [3.8, 4) is 5.75 Å². The van der Waals surface area contributed by atoms with Gasteiger partial charge in [0.25, 0.3) is 5.91 Å². The van der Waals surface area contributed by atoms with E-state index in [9.17, 15) is 14.1 Å². The summed E-state index contributed by atoms with van der Waals surface area (Å²) in [6, 6.07) is 4.64. The lowest BCUT2D eigenvalue weighted by Crippen LogP contribution is -2.26. The average molecular weight is 255 g/mol. The number of phenols is 1. The molecule has 1 aromatic rings. The van der Waals surface area contributed by atoms with Crippen LogP contribution >= 0.6 is 0 Å². The molecule has 0 spiro atoms. The summed E-state index contributed by atoms with van der Waals surface area (Å²) in [5, 5.41) is 12.0. The molecule has 0 aromatic heterocycles. The minimum Gasteiger partial charge on any atom is -0.508 e. The molecule has 0 saturated heterocycles. The molecule has 1 unspecified atom stereocenters. The van der Waals surface area contributed by atoms with E-state index in [-0.39, 0.29) is 11.7 Å². The standard InChI is InChI=1S/C12H17NO3S/c1-9-8-10(14)4-5-11(9)12(15)13-6-3-7-17(2)16/h4-5,8,14H,3,6-7H2,1-2H3,(H,13,15). The highest BCUT2D eigenvalue weighted by atomic mass is 32.2. The van der Waals surface area contributed by atoms with Gasteiger partial charge in [0.1, 0.15) is 5.75 Å². The van der Waals surface area contributed by atoms with Crippen LogP contribution in [0.25, 0.3) is 0 Å². The third kappa shape index (κ3) is 4.56. The fourth-order valence-electron chi connectivity index (χ4n) is 1.48. The minimum absolute atomic E-state index is 0.153. The van der Waals surface area contributed by atoms with Crippen LogP contribution < -0.4 is 5.32 Å². The maximum absolute atomic E-state index is 11.8. The van der Waals surface area contributed by atoms with Gasteiger partial charge in [0, 0.05) is 34.9 Å². The Bertz CT molecular complexity index is 432. The quantitative estimate of drug-likeness (QED) is 0.777. The normalized spacial score (nSPS) is 12.1. The van der Waals surface area contributed by atoms with E-state index in [1.165, 1.54) is 6.07 Å². The van der Waals surface area contributed by atoms with E-state index >= 15 is 0 Å². The third-order valence-electron chi connectivity index (χ3n) is 2.35. The summed E-state index contributed by atoms with van der Waals surface area (Å²) >= 11 is 0. The number of hydrogen-bond acceptors (Lipinski definition) is 3. The number of aryl methyl sites for hydroxylation is 1. The number of amides is 1. The van der Waals surface area contributed by atoms with Gasteiger partial charge in [0.2, 0.25) is 0 Å². The second-order valence-corrected chi connectivity index (χ2v) is 5.44. The van der Waals surface area contributed by atoms with Crippen molar-refractivity contribution in [2.75, 3.05) is 18.6 Å². The highest BCUT2D eigenvalue weighted by Gasteiger charge is 2.08. The summed E-state index contributed by atoms with van der Waals surface area (Å²) in [6.45, 7) is 2.29. The first-order chi connectivity index (χ1) is 8.00. The highest BCUT2D eigenvalue weighted by molar-refractivity contribution is 7.84. The van der Waals surface area contributed by atoms with E-state index < -0.39 is 10.8 Å². The topological polar surface area (TPSA) is 66.4 Å². The van der Waals surface area contributed by atoms with E-state index in [1.54, 1.807) is 25.3 Å².